The molecule has 0 fully saturated rings. The number of carbonyl (C=O) groups excluding carboxylic acids is 4. The SMILES string of the molecule is CC(C)(C)CN1C(=O)C=C(Br)C1=O.CC(C)(C)CN1C(=O)C=C(Sc2ccccc2)C1=O.[2H]CF.[Na+].[S-]c1ccccc1. The van der Waals surface area contributed by atoms with E-state index in [1.54, 1.807) is 0 Å². The van der Waals surface area contributed by atoms with Crippen LogP contribution in [0.4, 0.5) is 4.39 Å². The van der Waals surface area contributed by atoms with Gasteiger partial charge in [-0.1, -0.05) is 102 Å². The number of imide groups is 2. The Hall–Kier alpha value is -1.82. The van der Waals surface area contributed by atoms with E-state index < -0.39 is 7.15 Å². The van der Waals surface area contributed by atoms with Gasteiger partial charge < -0.3 is 12.6 Å². The summed E-state index contributed by atoms with van der Waals surface area (Å²) in [4.78, 5) is 51.7. The predicted molar refractivity (Wildman–Crippen MR) is 169 cm³/mol. The minimum Gasteiger partial charge on any atom is -0.780 e. The second-order valence-electron chi connectivity index (χ2n) is 11.3. The van der Waals surface area contributed by atoms with Gasteiger partial charge in [-0.25, -0.2) is 0 Å². The summed E-state index contributed by atoms with van der Waals surface area (Å²) in [5, 5.41) is 0. The third-order valence-corrected chi connectivity index (χ3v) is 6.78. The summed E-state index contributed by atoms with van der Waals surface area (Å²) < 4.78 is 15.8. The second-order valence-corrected chi connectivity index (χ2v) is 13.8. The van der Waals surface area contributed by atoms with Crippen molar-refractivity contribution < 1.29 is 54.5 Å². The van der Waals surface area contributed by atoms with E-state index in [1.165, 1.54) is 33.7 Å². The second kappa shape index (κ2) is 18.8. The quantitative estimate of drug-likeness (QED) is 0.276. The minimum absolute atomic E-state index is 0. The van der Waals surface area contributed by atoms with Crippen LogP contribution in [0.25, 0.3) is 0 Å². The van der Waals surface area contributed by atoms with Crippen LogP contribution in [-0.2, 0) is 31.8 Å². The molecule has 2 aromatic carbocycles. The van der Waals surface area contributed by atoms with Crippen LogP contribution < -0.4 is 29.6 Å². The number of carbonyl (C=O) groups is 4. The summed E-state index contributed by atoms with van der Waals surface area (Å²) in [5.74, 6) is -0.862. The number of hydrogen-bond donors (Lipinski definition) is 0. The van der Waals surface area contributed by atoms with Crippen molar-refractivity contribution in [3.05, 3.63) is 82.2 Å². The minimum atomic E-state index is -1.00. The van der Waals surface area contributed by atoms with Crippen molar-refractivity contribution in [1.29, 1.82) is 0 Å². The van der Waals surface area contributed by atoms with Gasteiger partial charge in [0, 0.05) is 30.1 Å². The number of benzene rings is 2. The zero-order valence-corrected chi connectivity index (χ0v) is 30.4. The number of thioether (sulfide) groups is 1. The number of rotatable bonds is 4. The Balaban J connectivity index is 0.000000635. The van der Waals surface area contributed by atoms with E-state index in [0.717, 1.165) is 9.79 Å². The molecule has 0 saturated heterocycles. The largest absolute Gasteiger partial charge is 1.00 e. The number of hydrogen-bond acceptors (Lipinski definition) is 6. The molecule has 2 aliphatic heterocycles. The molecule has 0 spiro atoms. The van der Waals surface area contributed by atoms with Crippen molar-refractivity contribution in [1.82, 2.24) is 9.80 Å². The van der Waals surface area contributed by atoms with Gasteiger partial charge in [0.05, 0.1) is 17.9 Å². The van der Waals surface area contributed by atoms with Crippen LogP contribution in [0, 0.1) is 10.8 Å². The van der Waals surface area contributed by atoms with E-state index in [1.807, 2.05) is 102 Å². The predicted octanol–water partition coefficient (Wildman–Crippen LogP) is 3.94. The average Bonchev–Trinajstić information content (AvgIpc) is 3.28. The van der Waals surface area contributed by atoms with Gasteiger partial charge in [-0.2, -0.15) is 4.90 Å². The average molecular weight is 689 g/mol. The van der Waals surface area contributed by atoms with Gasteiger partial charge in [0.1, 0.15) is 0 Å². The monoisotopic (exact) mass is 687 g/mol. The van der Waals surface area contributed by atoms with Gasteiger partial charge in [-0.3, -0.25) is 33.4 Å². The fourth-order valence-electron chi connectivity index (χ4n) is 3.32. The molecule has 0 radical (unpaired) electrons. The fourth-order valence-corrected chi connectivity index (χ4v) is 4.79. The molecule has 0 aromatic heterocycles. The van der Waals surface area contributed by atoms with Crippen molar-refractivity contribution in [2.75, 3.05) is 20.2 Å². The maximum Gasteiger partial charge on any atom is 1.00 e. The Labute approximate surface area is 290 Å². The van der Waals surface area contributed by atoms with Gasteiger partial charge in [0.2, 0.25) is 0 Å². The zero-order chi connectivity index (χ0) is 32.1. The van der Waals surface area contributed by atoms with Crippen LogP contribution >= 0.6 is 27.7 Å². The number of amides is 4. The van der Waals surface area contributed by atoms with Crippen molar-refractivity contribution in [2.24, 2.45) is 10.8 Å². The third kappa shape index (κ3) is 14.6. The topological polar surface area (TPSA) is 74.8 Å². The summed E-state index contributed by atoms with van der Waals surface area (Å²) in [7, 11) is -1.00. The molecule has 2 aromatic rings. The number of halogens is 2. The van der Waals surface area contributed by atoms with Gasteiger partial charge in [-0.05, 0) is 38.9 Å². The molecular formula is C31H37BrFN2NaO4S2. The Morgan fingerprint density at radius 1 is 0.786 bits per heavy atom. The molecule has 2 aliphatic rings. The molecular weight excluding hydrogens is 650 g/mol. The number of nitrogens with zero attached hydrogens (tertiary/aromatic N) is 2. The van der Waals surface area contributed by atoms with E-state index in [4.69, 9.17) is 14.0 Å². The summed E-state index contributed by atoms with van der Waals surface area (Å²) in [6, 6.07) is 19.2. The molecule has 222 valence electrons. The summed E-state index contributed by atoms with van der Waals surface area (Å²) in [6.07, 6.45) is 2.75. The van der Waals surface area contributed by atoms with Gasteiger partial charge in [0.15, 0.2) is 0 Å². The van der Waals surface area contributed by atoms with Gasteiger partial charge >= 0.3 is 29.6 Å². The fraction of sp³-hybridized carbons (Fsp3) is 0.355. The van der Waals surface area contributed by atoms with Crippen LogP contribution in [-0.4, -0.2) is 53.7 Å². The molecule has 0 unspecified atom stereocenters. The van der Waals surface area contributed by atoms with E-state index >= 15 is 0 Å². The maximum absolute atomic E-state index is 12.2. The van der Waals surface area contributed by atoms with Crippen LogP contribution in [0.2, 0.25) is 0 Å². The molecule has 2 heterocycles. The maximum atomic E-state index is 12.2. The Kier molecular flexibility index (Phi) is 17.1. The first kappa shape index (κ1) is 38.2. The standard InChI is InChI=1S/C15H17NO2S.C9H12BrNO2.C6H6S.CH3F.Na/c1-15(2,3)10-16-13(17)9-12(14(16)18)19-11-7-5-4-6-8-11;1-9(2,3)5-11-7(12)4-6(10)8(11)13;7-6-4-2-1-3-5-6;1-2;/h4-9H,10H2,1-3H3;4H,5H2,1-3H3;1-5,7H;1H3;/q;;;;+1/p-1/i;;;1D;. The third-order valence-electron chi connectivity index (χ3n) is 4.92. The van der Waals surface area contributed by atoms with E-state index in [9.17, 15) is 23.6 Å². The zero-order valence-electron chi connectivity index (χ0n) is 26.1. The molecule has 0 saturated carbocycles. The summed E-state index contributed by atoms with van der Waals surface area (Å²) in [5.41, 5.74) is -0.150. The van der Waals surface area contributed by atoms with Crippen LogP contribution in [0.15, 0.2) is 92.0 Å². The molecule has 6 nitrogen and oxygen atoms in total. The Morgan fingerprint density at radius 3 is 1.55 bits per heavy atom. The summed E-state index contributed by atoms with van der Waals surface area (Å²) >= 11 is 9.19. The number of alkyl halides is 1. The van der Waals surface area contributed by atoms with E-state index in [-0.39, 0.29) is 64.0 Å². The molecule has 0 N–H and O–H groups in total. The summed E-state index contributed by atoms with van der Waals surface area (Å²) in [6.45, 7) is 12.9. The molecule has 4 amide bonds. The van der Waals surface area contributed by atoms with E-state index in [0.29, 0.717) is 22.5 Å². The van der Waals surface area contributed by atoms with Crippen molar-refractivity contribution in [2.45, 2.75) is 51.3 Å². The van der Waals surface area contributed by atoms with Crippen molar-refractivity contribution in [3.63, 3.8) is 0 Å². The van der Waals surface area contributed by atoms with E-state index in [2.05, 4.69) is 15.9 Å². The molecule has 0 atom stereocenters. The Bertz CT molecular complexity index is 1280. The smallest absolute Gasteiger partial charge is 0.780 e. The first-order chi connectivity index (χ1) is 19.5. The van der Waals surface area contributed by atoms with Crippen LogP contribution in [0.3, 0.4) is 0 Å². The molecule has 0 bridgehead atoms. The Morgan fingerprint density at radius 2 is 1.19 bits per heavy atom. The van der Waals surface area contributed by atoms with Crippen LogP contribution in [0.5, 0.6) is 0 Å². The molecule has 4 rings (SSSR count). The van der Waals surface area contributed by atoms with Crippen LogP contribution in [0.1, 0.15) is 42.9 Å². The van der Waals surface area contributed by atoms with Crippen molar-refractivity contribution >= 4 is 63.9 Å². The molecule has 0 aliphatic carbocycles. The molecule has 42 heavy (non-hydrogen) atoms. The van der Waals surface area contributed by atoms with Crippen molar-refractivity contribution in [3.8, 4) is 0 Å². The molecule has 11 heteroatoms. The first-order valence-electron chi connectivity index (χ1n) is 13.3. The van der Waals surface area contributed by atoms with Gasteiger partial charge in [0.25, 0.3) is 23.6 Å². The van der Waals surface area contributed by atoms with Gasteiger partial charge in [-0.15, -0.1) is 0 Å². The first-order valence-corrected chi connectivity index (χ1v) is 14.6. The normalized spacial score (nSPS) is 14.7.